The fourth-order valence-electron chi connectivity index (χ4n) is 0.773. The Balaban J connectivity index is 2.43. The summed E-state index contributed by atoms with van der Waals surface area (Å²) in [7, 11) is 0. The molecule has 1 fully saturated rings. The maximum Gasteiger partial charge on any atom is 0.161 e. The third-order valence-electron chi connectivity index (χ3n) is 1.60. The van der Waals surface area contributed by atoms with Crippen LogP contribution in [-0.4, -0.2) is 16.4 Å². The van der Waals surface area contributed by atoms with Gasteiger partial charge in [-0.05, 0) is 19.8 Å². The van der Waals surface area contributed by atoms with Crippen molar-refractivity contribution in [2.45, 2.75) is 31.1 Å². The largest absolute Gasteiger partial charge is 0.300 e. The topological polar surface area (TPSA) is 34.1 Å². The normalized spacial score (nSPS) is 20.2. The quantitative estimate of drug-likeness (QED) is 0.461. The molecule has 0 N–H and O–H groups in total. The van der Waals surface area contributed by atoms with E-state index in [2.05, 4.69) is 0 Å². The lowest BCUT2D eigenvalue weighted by atomic mass is 10.1. The Labute approximate surface area is 64.5 Å². The van der Waals surface area contributed by atoms with Crippen molar-refractivity contribution in [3.05, 3.63) is 0 Å². The minimum absolute atomic E-state index is 0.00347. The van der Waals surface area contributed by atoms with Crippen molar-refractivity contribution in [1.82, 2.24) is 0 Å². The Morgan fingerprint density at radius 1 is 1.50 bits per heavy atom. The van der Waals surface area contributed by atoms with Crippen LogP contribution in [0.5, 0.6) is 0 Å². The maximum absolute atomic E-state index is 11.0. The number of alkyl halides is 1. The second kappa shape index (κ2) is 2.35. The molecule has 0 aromatic rings. The summed E-state index contributed by atoms with van der Waals surface area (Å²) in [5.41, 5.74) is 0. The van der Waals surface area contributed by atoms with Crippen LogP contribution in [0.3, 0.4) is 0 Å². The van der Waals surface area contributed by atoms with Gasteiger partial charge in [0.25, 0.3) is 0 Å². The smallest absolute Gasteiger partial charge is 0.161 e. The summed E-state index contributed by atoms with van der Waals surface area (Å²) in [4.78, 5) is 20.8. The van der Waals surface area contributed by atoms with Gasteiger partial charge in [0.05, 0.1) is 6.42 Å². The van der Waals surface area contributed by atoms with Crippen LogP contribution in [0.1, 0.15) is 26.2 Å². The Kier molecular flexibility index (Phi) is 1.82. The zero-order valence-electron chi connectivity index (χ0n) is 5.82. The standard InChI is InChI=1S/C7H9ClO2/c1-5(9)4-6(10)7(8)2-3-7/h2-4H2,1H3. The van der Waals surface area contributed by atoms with Crippen LogP contribution in [-0.2, 0) is 9.59 Å². The molecule has 0 aromatic heterocycles. The lowest BCUT2D eigenvalue weighted by molar-refractivity contribution is -0.126. The molecule has 2 nitrogen and oxygen atoms in total. The van der Waals surface area contributed by atoms with Crippen molar-refractivity contribution >= 4 is 23.2 Å². The Bertz CT molecular complexity index is 182. The molecule has 0 atom stereocenters. The molecular weight excluding hydrogens is 152 g/mol. The first-order valence-corrected chi connectivity index (χ1v) is 3.64. The lowest BCUT2D eigenvalue weighted by Gasteiger charge is -2.00. The molecule has 1 aliphatic carbocycles. The number of carbonyl (C=O) groups excluding carboxylic acids is 2. The summed E-state index contributed by atoms with van der Waals surface area (Å²) in [6.07, 6.45) is 1.48. The van der Waals surface area contributed by atoms with Gasteiger partial charge >= 0.3 is 0 Å². The van der Waals surface area contributed by atoms with E-state index in [1.165, 1.54) is 6.92 Å². The summed E-state index contributed by atoms with van der Waals surface area (Å²) >= 11 is 5.74. The number of rotatable bonds is 3. The van der Waals surface area contributed by atoms with Crippen molar-refractivity contribution in [3.8, 4) is 0 Å². The number of Topliss-reactive ketones (excluding diaryl/α,β-unsaturated/α-hetero) is 2. The predicted octanol–water partition coefficient (Wildman–Crippen LogP) is 1.31. The molecule has 0 aromatic carbocycles. The minimum Gasteiger partial charge on any atom is -0.300 e. The van der Waals surface area contributed by atoms with E-state index in [0.29, 0.717) is 0 Å². The Morgan fingerprint density at radius 2 is 2.00 bits per heavy atom. The average molecular weight is 161 g/mol. The van der Waals surface area contributed by atoms with Crippen LogP contribution >= 0.6 is 11.6 Å². The Hall–Kier alpha value is -0.370. The molecule has 0 saturated heterocycles. The molecule has 1 aliphatic rings. The number of carbonyl (C=O) groups is 2. The van der Waals surface area contributed by atoms with Gasteiger partial charge in [-0.3, -0.25) is 9.59 Å². The zero-order valence-corrected chi connectivity index (χ0v) is 6.57. The van der Waals surface area contributed by atoms with E-state index in [1.807, 2.05) is 0 Å². The van der Waals surface area contributed by atoms with Crippen LogP contribution in [0.2, 0.25) is 0 Å². The average Bonchev–Trinajstić information content (AvgIpc) is 2.47. The van der Waals surface area contributed by atoms with Crippen molar-refractivity contribution in [2.24, 2.45) is 0 Å². The van der Waals surface area contributed by atoms with Gasteiger partial charge in [-0.15, -0.1) is 11.6 Å². The molecule has 0 unspecified atom stereocenters. The highest BCUT2D eigenvalue weighted by molar-refractivity contribution is 6.38. The van der Waals surface area contributed by atoms with Crippen LogP contribution in [0.4, 0.5) is 0 Å². The van der Waals surface area contributed by atoms with E-state index < -0.39 is 4.87 Å². The van der Waals surface area contributed by atoms with E-state index in [4.69, 9.17) is 11.6 Å². The Morgan fingerprint density at radius 3 is 2.30 bits per heavy atom. The van der Waals surface area contributed by atoms with Crippen molar-refractivity contribution < 1.29 is 9.59 Å². The fourth-order valence-corrected chi connectivity index (χ4v) is 0.934. The third kappa shape index (κ3) is 1.57. The van der Waals surface area contributed by atoms with Crippen molar-refractivity contribution in [3.63, 3.8) is 0 Å². The SMILES string of the molecule is CC(=O)CC(=O)C1(Cl)CC1. The zero-order chi connectivity index (χ0) is 7.78. The number of hydrogen-bond donors (Lipinski definition) is 0. The molecule has 1 rings (SSSR count). The molecule has 0 aliphatic heterocycles. The van der Waals surface area contributed by atoms with Gasteiger partial charge in [0.15, 0.2) is 5.78 Å². The van der Waals surface area contributed by atoms with Gasteiger partial charge in [-0.1, -0.05) is 0 Å². The molecule has 0 radical (unpaired) electrons. The van der Waals surface area contributed by atoms with Gasteiger partial charge in [-0.25, -0.2) is 0 Å². The van der Waals surface area contributed by atoms with Crippen LogP contribution < -0.4 is 0 Å². The molecular formula is C7H9ClO2. The van der Waals surface area contributed by atoms with Gasteiger partial charge in [-0.2, -0.15) is 0 Å². The molecule has 10 heavy (non-hydrogen) atoms. The second-order valence-electron chi connectivity index (χ2n) is 2.77. The van der Waals surface area contributed by atoms with E-state index in [9.17, 15) is 9.59 Å². The van der Waals surface area contributed by atoms with E-state index in [0.717, 1.165) is 12.8 Å². The van der Waals surface area contributed by atoms with E-state index >= 15 is 0 Å². The van der Waals surface area contributed by atoms with Gasteiger partial charge < -0.3 is 0 Å². The number of ketones is 2. The minimum atomic E-state index is -0.647. The van der Waals surface area contributed by atoms with Gasteiger partial charge in [0.2, 0.25) is 0 Å². The number of hydrogen-bond acceptors (Lipinski definition) is 2. The predicted molar refractivity (Wildman–Crippen MR) is 38.1 cm³/mol. The third-order valence-corrected chi connectivity index (χ3v) is 2.19. The molecule has 0 heterocycles. The van der Waals surface area contributed by atoms with Crippen LogP contribution in [0.15, 0.2) is 0 Å². The molecule has 3 heteroatoms. The second-order valence-corrected chi connectivity index (χ2v) is 3.49. The fraction of sp³-hybridized carbons (Fsp3) is 0.714. The summed E-state index contributed by atoms with van der Waals surface area (Å²) < 4.78 is 0. The molecule has 0 amide bonds. The van der Waals surface area contributed by atoms with E-state index in [-0.39, 0.29) is 18.0 Å². The van der Waals surface area contributed by atoms with Crippen molar-refractivity contribution in [2.75, 3.05) is 0 Å². The van der Waals surface area contributed by atoms with Crippen molar-refractivity contribution in [1.29, 1.82) is 0 Å². The highest BCUT2D eigenvalue weighted by Gasteiger charge is 2.47. The molecule has 0 bridgehead atoms. The molecule has 56 valence electrons. The summed E-state index contributed by atoms with van der Waals surface area (Å²) in [6.45, 7) is 1.40. The first-order valence-electron chi connectivity index (χ1n) is 3.26. The van der Waals surface area contributed by atoms with E-state index in [1.54, 1.807) is 0 Å². The van der Waals surface area contributed by atoms with Crippen LogP contribution in [0.25, 0.3) is 0 Å². The number of halogens is 1. The summed E-state index contributed by atoms with van der Waals surface area (Å²) in [6, 6.07) is 0. The monoisotopic (exact) mass is 160 g/mol. The lowest BCUT2D eigenvalue weighted by Crippen LogP contribution is -2.17. The molecule has 1 saturated carbocycles. The summed E-state index contributed by atoms with van der Waals surface area (Å²) in [5, 5.41) is 0. The van der Waals surface area contributed by atoms with Gasteiger partial charge in [0, 0.05) is 0 Å². The maximum atomic E-state index is 11.0. The first-order chi connectivity index (χ1) is 4.54. The first kappa shape index (κ1) is 7.73. The van der Waals surface area contributed by atoms with Gasteiger partial charge in [0.1, 0.15) is 10.7 Å². The van der Waals surface area contributed by atoms with Crippen LogP contribution in [0, 0.1) is 0 Å². The molecule has 0 spiro atoms. The highest BCUT2D eigenvalue weighted by atomic mass is 35.5. The summed E-state index contributed by atoms with van der Waals surface area (Å²) in [5.74, 6) is -0.210. The highest BCUT2D eigenvalue weighted by Crippen LogP contribution is 2.43.